The van der Waals surface area contributed by atoms with Gasteiger partial charge in [-0.05, 0) is 38.8 Å². The van der Waals surface area contributed by atoms with Crippen LogP contribution < -0.4 is 10.6 Å². The van der Waals surface area contributed by atoms with E-state index in [9.17, 15) is 0 Å². The van der Waals surface area contributed by atoms with Crippen LogP contribution in [0.3, 0.4) is 0 Å². The molecule has 1 heterocycles. The largest absolute Gasteiger partial charge is 0.373 e. The number of nitrogens with zero attached hydrogens (tertiary/aromatic N) is 1. The number of thioether (sulfide) groups is 1. The van der Waals surface area contributed by atoms with Gasteiger partial charge in [-0.1, -0.05) is 18.2 Å². The summed E-state index contributed by atoms with van der Waals surface area (Å²) in [5, 5.41) is 6.69. The average Bonchev–Trinajstić information content (AvgIpc) is 2.97. The van der Waals surface area contributed by atoms with Gasteiger partial charge in [0.1, 0.15) is 0 Å². The Morgan fingerprint density at radius 2 is 2.14 bits per heavy atom. The van der Waals surface area contributed by atoms with Crippen molar-refractivity contribution in [3.8, 4) is 0 Å². The first-order valence-electron chi connectivity index (χ1n) is 8.06. The van der Waals surface area contributed by atoms with E-state index in [-0.39, 0.29) is 5.60 Å². The van der Waals surface area contributed by atoms with Gasteiger partial charge in [-0.2, -0.15) is 0 Å². The molecule has 0 spiro atoms. The van der Waals surface area contributed by atoms with Crippen molar-refractivity contribution in [1.82, 2.24) is 10.6 Å². The van der Waals surface area contributed by atoms with Crippen LogP contribution in [0.5, 0.6) is 0 Å². The summed E-state index contributed by atoms with van der Waals surface area (Å²) in [5.41, 5.74) is -0.0822. The van der Waals surface area contributed by atoms with E-state index in [2.05, 4.69) is 53.7 Å². The Hall–Kier alpha value is -1.20. The van der Waals surface area contributed by atoms with Crippen LogP contribution in [0.15, 0.2) is 40.2 Å². The fourth-order valence-corrected chi connectivity index (χ4v) is 3.19. The van der Waals surface area contributed by atoms with E-state index in [1.807, 2.05) is 17.8 Å². The molecule has 0 bridgehead atoms. The number of nitrogens with one attached hydrogen (secondary N) is 2. The van der Waals surface area contributed by atoms with E-state index in [0.29, 0.717) is 6.54 Å². The maximum absolute atomic E-state index is 5.79. The molecule has 0 aromatic heterocycles. The van der Waals surface area contributed by atoms with Gasteiger partial charge in [-0.25, -0.2) is 0 Å². The topological polar surface area (TPSA) is 45.7 Å². The molecule has 5 heteroatoms. The molecule has 2 N–H and O–H groups in total. The van der Waals surface area contributed by atoms with Crippen molar-refractivity contribution >= 4 is 17.7 Å². The third-order valence-electron chi connectivity index (χ3n) is 3.62. The monoisotopic (exact) mass is 321 g/mol. The highest BCUT2D eigenvalue weighted by atomic mass is 32.2. The van der Waals surface area contributed by atoms with Crippen molar-refractivity contribution in [2.45, 2.75) is 37.2 Å². The second-order valence-electron chi connectivity index (χ2n) is 5.69. The van der Waals surface area contributed by atoms with E-state index in [1.165, 1.54) is 4.90 Å². The Balaban J connectivity index is 1.73. The molecule has 0 aliphatic carbocycles. The number of hydrogen-bond donors (Lipinski definition) is 2. The van der Waals surface area contributed by atoms with Crippen LogP contribution in [-0.2, 0) is 4.74 Å². The summed E-state index contributed by atoms with van der Waals surface area (Å²) in [6, 6.07) is 10.5. The van der Waals surface area contributed by atoms with Crippen molar-refractivity contribution < 1.29 is 4.74 Å². The molecule has 1 aromatic rings. The second kappa shape index (κ2) is 9.06. The van der Waals surface area contributed by atoms with E-state index in [0.717, 1.165) is 44.3 Å². The highest BCUT2D eigenvalue weighted by Crippen LogP contribution is 2.25. The molecule has 1 unspecified atom stereocenters. The van der Waals surface area contributed by atoms with Gasteiger partial charge in [-0.3, -0.25) is 4.99 Å². The van der Waals surface area contributed by atoms with E-state index < -0.39 is 0 Å². The highest BCUT2D eigenvalue weighted by molar-refractivity contribution is 7.99. The van der Waals surface area contributed by atoms with Crippen LogP contribution >= 0.6 is 11.8 Å². The van der Waals surface area contributed by atoms with Crippen LogP contribution in [0.25, 0.3) is 0 Å². The maximum Gasteiger partial charge on any atom is 0.191 e. The molecule has 0 amide bonds. The maximum atomic E-state index is 5.79. The zero-order valence-electron chi connectivity index (χ0n) is 13.6. The molecule has 4 nitrogen and oxygen atoms in total. The van der Waals surface area contributed by atoms with Gasteiger partial charge >= 0.3 is 0 Å². The first-order chi connectivity index (χ1) is 10.7. The summed E-state index contributed by atoms with van der Waals surface area (Å²) in [4.78, 5) is 5.98. The van der Waals surface area contributed by atoms with E-state index >= 15 is 0 Å². The Labute approximate surface area is 138 Å². The van der Waals surface area contributed by atoms with E-state index in [1.54, 1.807) is 0 Å². The minimum atomic E-state index is -0.0822. The molecular weight excluding hydrogens is 294 g/mol. The standard InChI is InChI=1S/C17H27N3OS/c1-3-18-16(20-14-17(2)10-7-12-21-17)19-11-13-22-15-8-5-4-6-9-15/h4-6,8-9H,3,7,10-14H2,1-2H3,(H2,18,19,20). The van der Waals surface area contributed by atoms with Crippen molar-refractivity contribution in [3.05, 3.63) is 30.3 Å². The number of benzene rings is 1. The first kappa shape index (κ1) is 17.2. The molecule has 0 radical (unpaired) electrons. The molecule has 0 saturated carbocycles. The second-order valence-corrected chi connectivity index (χ2v) is 6.85. The fraction of sp³-hybridized carbons (Fsp3) is 0.588. The summed E-state index contributed by atoms with van der Waals surface area (Å²) in [6.45, 7) is 7.58. The summed E-state index contributed by atoms with van der Waals surface area (Å²) >= 11 is 1.85. The molecule has 122 valence electrons. The summed E-state index contributed by atoms with van der Waals surface area (Å²) in [6.07, 6.45) is 2.24. The lowest BCUT2D eigenvalue weighted by atomic mass is 10.0. The third-order valence-corrected chi connectivity index (χ3v) is 4.64. The minimum Gasteiger partial charge on any atom is -0.373 e. The average molecular weight is 321 g/mol. The van der Waals surface area contributed by atoms with Crippen LogP contribution in [0.2, 0.25) is 0 Å². The summed E-state index contributed by atoms with van der Waals surface area (Å²) < 4.78 is 5.79. The van der Waals surface area contributed by atoms with Crippen molar-refractivity contribution in [2.75, 3.05) is 32.0 Å². The fourth-order valence-electron chi connectivity index (χ4n) is 2.40. The molecular formula is C17H27N3OS. The van der Waals surface area contributed by atoms with Crippen molar-refractivity contribution in [1.29, 1.82) is 0 Å². The Morgan fingerprint density at radius 3 is 2.82 bits per heavy atom. The Morgan fingerprint density at radius 1 is 1.32 bits per heavy atom. The number of guanidine groups is 1. The normalized spacial score (nSPS) is 21.8. The third kappa shape index (κ3) is 5.89. The SMILES string of the molecule is CCNC(=NCC1(C)CCCO1)NCCSc1ccccc1. The summed E-state index contributed by atoms with van der Waals surface area (Å²) in [7, 11) is 0. The Kier molecular flexibility index (Phi) is 7.06. The Bertz CT molecular complexity index is 458. The van der Waals surface area contributed by atoms with E-state index in [4.69, 9.17) is 4.74 Å². The van der Waals surface area contributed by atoms with Gasteiger partial charge < -0.3 is 15.4 Å². The molecule has 1 aliphatic heterocycles. The zero-order chi connectivity index (χ0) is 15.7. The van der Waals surface area contributed by atoms with Gasteiger partial charge in [-0.15, -0.1) is 11.8 Å². The van der Waals surface area contributed by atoms with Gasteiger partial charge in [0, 0.05) is 30.3 Å². The molecule has 1 fully saturated rings. The zero-order valence-corrected chi connectivity index (χ0v) is 14.4. The molecule has 2 rings (SSSR count). The van der Waals surface area contributed by atoms with Gasteiger partial charge in [0.05, 0.1) is 12.1 Å². The molecule has 1 aliphatic rings. The van der Waals surface area contributed by atoms with Crippen LogP contribution in [0.1, 0.15) is 26.7 Å². The van der Waals surface area contributed by atoms with Crippen molar-refractivity contribution in [3.63, 3.8) is 0 Å². The number of aliphatic imine (C=N–C) groups is 1. The predicted molar refractivity (Wildman–Crippen MR) is 94.7 cm³/mol. The lowest BCUT2D eigenvalue weighted by Gasteiger charge is -2.21. The van der Waals surface area contributed by atoms with Gasteiger partial charge in [0.15, 0.2) is 5.96 Å². The first-order valence-corrected chi connectivity index (χ1v) is 9.04. The lowest BCUT2D eigenvalue weighted by molar-refractivity contribution is 0.0283. The highest BCUT2D eigenvalue weighted by Gasteiger charge is 2.29. The smallest absolute Gasteiger partial charge is 0.191 e. The quantitative estimate of drug-likeness (QED) is 0.351. The number of ether oxygens (including phenoxy) is 1. The minimum absolute atomic E-state index is 0.0822. The molecule has 1 saturated heterocycles. The van der Waals surface area contributed by atoms with Crippen LogP contribution in [0, 0.1) is 0 Å². The predicted octanol–water partition coefficient (Wildman–Crippen LogP) is 2.90. The number of hydrogen-bond acceptors (Lipinski definition) is 3. The molecule has 1 atom stereocenters. The summed E-state index contributed by atoms with van der Waals surface area (Å²) in [5.74, 6) is 1.90. The van der Waals surface area contributed by atoms with Crippen LogP contribution in [-0.4, -0.2) is 43.6 Å². The number of rotatable bonds is 7. The lowest BCUT2D eigenvalue weighted by Crippen LogP contribution is -2.40. The molecule has 1 aromatic carbocycles. The molecule has 22 heavy (non-hydrogen) atoms. The van der Waals surface area contributed by atoms with Gasteiger partial charge in [0.2, 0.25) is 0 Å². The van der Waals surface area contributed by atoms with Crippen LogP contribution in [0.4, 0.5) is 0 Å². The van der Waals surface area contributed by atoms with Crippen molar-refractivity contribution in [2.24, 2.45) is 4.99 Å². The van der Waals surface area contributed by atoms with Gasteiger partial charge in [0.25, 0.3) is 0 Å².